The molecule has 0 saturated carbocycles. The zero-order chi connectivity index (χ0) is 22.6. The summed E-state index contributed by atoms with van der Waals surface area (Å²) in [4.78, 5) is 0. The topological polar surface area (TPSA) is 68.2 Å². The third-order valence-electron chi connectivity index (χ3n) is 6.30. The smallest absolute Gasteiger partial charge is 0.200 e. The van der Waals surface area contributed by atoms with Crippen molar-refractivity contribution in [1.82, 2.24) is 0 Å². The van der Waals surface area contributed by atoms with Gasteiger partial charge >= 0.3 is 0 Å². The van der Waals surface area contributed by atoms with E-state index in [2.05, 4.69) is 0 Å². The first-order chi connectivity index (χ1) is 14.5. The molecule has 2 N–H and O–H groups in total. The molecule has 0 aromatic heterocycles. The first-order valence-electron chi connectivity index (χ1n) is 10.0. The number of hydrogen-bond acceptors (Lipinski definition) is 5. The van der Waals surface area contributed by atoms with Gasteiger partial charge in [0.1, 0.15) is 5.60 Å². The predicted molar refractivity (Wildman–Crippen MR) is 110 cm³/mol. The molecule has 0 spiro atoms. The summed E-state index contributed by atoms with van der Waals surface area (Å²) >= 11 is 6.35. The first kappa shape index (κ1) is 22.4. The average Bonchev–Trinajstić information content (AvgIpc) is 3.00. The van der Waals surface area contributed by atoms with E-state index in [1.54, 1.807) is 32.0 Å². The van der Waals surface area contributed by atoms with Crippen LogP contribution in [0.2, 0.25) is 5.02 Å². The zero-order valence-electron chi connectivity index (χ0n) is 17.5. The second-order valence-corrected chi connectivity index (χ2v) is 9.20. The molecule has 168 valence electrons. The summed E-state index contributed by atoms with van der Waals surface area (Å²) in [7, 11) is 1.27. The van der Waals surface area contributed by atoms with Crippen LogP contribution >= 0.6 is 11.6 Å². The van der Waals surface area contributed by atoms with E-state index in [4.69, 9.17) is 25.8 Å². The molecule has 5 nitrogen and oxygen atoms in total. The fraction of sp³-hybridized carbons (Fsp3) is 0.478. The van der Waals surface area contributed by atoms with E-state index in [0.29, 0.717) is 16.1 Å². The lowest BCUT2D eigenvalue weighted by molar-refractivity contribution is -0.274. The Labute approximate surface area is 184 Å². The molecule has 3 atom stereocenters. The van der Waals surface area contributed by atoms with Gasteiger partial charge in [-0.3, -0.25) is 0 Å². The molecule has 2 aliphatic heterocycles. The van der Waals surface area contributed by atoms with Crippen molar-refractivity contribution in [2.75, 3.05) is 13.7 Å². The van der Waals surface area contributed by atoms with Gasteiger partial charge in [0.05, 0.1) is 25.4 Å². The zero-order valence-corrected chi connectivity index (χ0v) is 18.3. The summed E-state index contributed by atoms with van der Waals surface area (Å²) in [5.74, 6) is -3.49. The number of methoxy groups -OCH3 is 1. The summed E-state index contributed by atoms with van der Waals surface area (Å²) in [5, 5.41) is 21.6. The summed E-state index contributed by atoms with van der Waals surface area (Å²) in [6.07, 6.45) is -0.281. The second-order valence-electron chi connectivity index (χ2n) is 8.80. The maximum atomic E-state index is 14.5. The predicted octanol–water partition coefficient (Wildman–Crippen LogP) is 4.08. The van der Waals surface area contributed by atoms with E-state index in [1.165, 1.54) is 19.2 Å². The molecule has 2 saturated heterocycles. The van der Waals surface area contributed by atoms with E-state index in [1.807, 2.05) is 0 Å². The van der Waals surface area contributed by atoms with Crippen LogP contribution in [-0.2, 0) is 21.7 Å². The van der Waals surface area contributed by atoms with Crippen LogP contribution in [0.25, 0.3) is 0 Å². The average molecular weight is 455 g/mol. The van der Waals surface area contributed by atoms with E-state index in [9.17, 15) is 19.0 Å². The molecule has 2 heterocycles. The van der Waals surface area contributed by atoms with Crippen LogP contribution < -0.4 is 4.74 Å². The van der Waals surface area contributed by atoms with E-state index in [0.717, 1.165) is 0 Å². The number of aliphatic hydroxyl groups excluding tert-OH is 1. The molecule has 4 rings (SSSR count). The molecule has 2 aliphatic rings. The highest BCUT2D eigenvalue weighted by Crippen LogP contribution is 2.53. The minimum Gasteiger partial charge on any atom is -0.494 e. The van der Waals surface area contributed by atoms with Gasteiger partial charge in [-0.15, -0.1) is 0 Å². The van der Waals surface area contributed by atoms with Crippen LogP contribution in [0, 0.1) is 11.6 Å². The normalized spacial score (nSPS) is 28.1. The highest BCUT2D eigenvalue weighted by molar-refractivity contribution is 6.31. The third-order valence-corrected chi connectivity index (χ3v) is 6.67. The maximum Gasteiger partial charge on any atom is 0.200 e. The van der Waals surface area contributed by atoms with Crippen molar-refractivity contribution in [3.63, 3.8) is 0 Å². The fourth-order valence-corrected chi connectivity index (χ4v) is 4.59. The number of fused-ring (bicyclic) bond motifs is 2. The second kappa shape index (κ2) is 7.67. The van der Waals surface area contributed by atoms with Crippen LogP contribution in [0.5, 0.6) is 5.75 Å². The van der Waals surface area contributed by atoms with Gasteiger partial charge in [0.2, 0.25) is 5.82 Å². The van der Waals surface area contributed by atoms with Crippen LogP contribution in [0.3, 0.4) is 0 Å². The Morgan fingerprint density at radius 2 is 1.90 bits per heavy atom. The van der Waals surface area contributed by atoms with Crippen molar-refractivity contribution in [3.8, 4) is 5.75 Å². The van der Waals surface area contributed by atoms with E-state index < -0.39 is 34.7 Å². The molecule has 31 heavy (non-hydrogen) atoms. The van der Waals surface area contributed by atoms with Crippen molar-refractivity contribution in [3.05, 3.63) is 63.7 Å². The Hall–Kier alpha value is -1.77. The quantitative estimate of drug-likeness (QED) is 0.712. The third kappa shape index (κ3) is 3.72. The van der Waals surface area contributed by atoms with E-state index in [-0.39, 0.29) is 37.2 Å². The lowest BCUT2D eigenvalue weighted by atomic mass is 9.78. The van der Waals surface area contributed by atoms with Gasteiger partial charge in [0, 0.05) is 29.8 Å². The summed E-state index contributed by atoms with van der Waals surface area (Å²) in [6, 6.07) is 7.88. The van der Waals surface area contributed by atoms with Crippen molar-refractivity contribution >= 4 is 11.6 Å². The van der Waals surface area contributed by atoms with Crippen molar-refractivity contribution in [2.24, 2.45) is 0 Å². The number of hydrogen-bond donors (Lipinski definition) is 2. The molecule has 8 heteroatoms. The largest absolute Gasteiger partial charge is 0.494 e. The number of halogens is 3. The van der Waals surface area contributed by atoms with Gasteiger partial charge in [-0.05, 0) is 43.2 Å². The van der Waals surface area contributed by atoms with Crippen LogP contribution in [0.1, 0.15) is 43.4 Å². The molecular weight excluding hydrogens is 430 g/mol. The van der Waals surface area contributed by atoms with Crippen molar-refractivity contribution in [2.45, 2.75) is 56.2 Å². The van der Waals surface area contributed by atoms with Gasteiger partial charge in [0.15, 0.2) is 17.4 Å². The van der Waals surface area contributed by atoms with Crippen LogP contribution in [-0.4, -0.2) is 41.2 Å². The van der Waals surface area contributed by atoms with Crippen molar-refractivity contribution in [1.29, 1.82) is 0 Å². The molecule has 2 fully saturated rings. The van der Waals surface area contributed by atoms with Gasteiger partial charge in [0.25, 0.3) is 0 Å². The summed E-state index contributed by atoms with van der Waals surface area (Å²) < 4.78 is 45.8. The Balaban J connectivity index is 1.70. The highest BCUT2D eigenvalue weighted by Gasteiger charge is 2.62. The van der Waals surface area contributed by atoms with Gasteiger partial charge in [-0.25, -0.2) is 4.39 Å². The van der Waals surface area contributed by atoms with E-state index >= 15 is 0 Å². The monoisotopic (exact) mass is 454 g/mol. The maximum absolute atomic E-state index is 14.5. The fourth-order valence-electron chi connectivity index (χ4n) is 4.40. The molecule has 2 bridgehead atoms. The molecule has 2 aromatic carbocycles. The van der Waals surface area contributed by atoms with Crippen LogP contribution in [0.4, 0.5) is 8.78 Å². The lowest BCUT2D eigenvalue weighted by Crippen LogP contribution is -2.57. The molecule has 0 aliphatic carbocycles. The van der Waals surface area contributed by atoms with Gasteiger partial charge in [-0.1, -0.05) is 23.7 Å². The minimum atomic E-state index is -1.26. The Morgan fingerprint density at radius 1 is 1.16 bits per heavy atom. The van der Waals surface area contributed by atoms with Crippen molar-refractivity contribution < 1.29 is 33.2 Å². The molecule has 2 aromatic rings. The highest BCUT2D eigenvalue weighted by atomic mass is 35.5. The Morgan fingerprint density at radius 3 is 2.58 bits per heavy atom. The first-order valence-corrected chi connectivity index (χ1v) is 10.4. The molecule has 0 amide bonds. The summed E-state index contributed by atoms with van der Waals surface area (Å²) in [6.45, 7) is 3.36. The Kier molecular flexibility index (Phi) is 5.55. The van der Waals surface area contributed by atoms with Gasteiger partial charge < -0.3 is 24.4 Å². The number of ether oxygens (including phenoxy) is 3. The Bertz CT molecular complexity index is 1010. The number of benzene rings is 2. The molecule has 1 unspecified atom stereocenters. The lowest BCUT2D eigenvalue weighted by Gasteiger charge is -2.45. The number of rotatable bonds is 5. The molecular formula is C23H25ClF2O5. The van der Waals surface area contributed by atoms with Crippen LogP contribution in [0.15, 0.2) is 30.3 Å². The standard InChI is InChI=1S/C23H25ClF2O5/c1-21(2,28)22-10-16(27)11-23(31-22,30-12-22)15-5-6-17(24)14(9-15)8-13-4-7-18(29-3)20(26)19(13)25/h4-7,9,16,27-28H,8,10-12H2,1-3H3/t16?,22-,23-/m1/s1. The SMILES string of the molecule is COc1ccc(Cc2cc([C@]34CC(O)C[C@](C(C)(C)O)(CO3)O4)ccc2Cl)c(F)c1F. The van der Waals surface area contributed by atoms with Gasteiger partial charge in [-0.2, -0.15) is 4.39 Å². The number of aliphatic hydroxyl groups is 2. The summed E-state index contributed by atoms with van der Waals surface area (Å²) in [5.41, 5.74) is -1.04. The minimum absolute atomic E-state index is 0.0364. The molecule has 0 radical (unpaired) electrons.